The average Bonchev–Trinajstić information content (AvgIpc) is 2.47. The number of hydrogen-bond donors (Lipinski definition) is 1. The zero-order valence-electron chi connectivity index (χ0n) is 7.50. The lowest BCUT2D eigenvalue weighted by molar-refractivity contribution is 0.0939. The van der Waals surface area contributed by atoms with Gasteiger partial charge in [0.25, 0.3) is 5.91 Å². The van der Waals surface area contributed by atoms with E-state index in [1.165, 1.54) is 11.3 Å². The standard InChI is InChI=1S/C8H11BrN2OS/c1-11(2)5-10-8(12)7-3-6(9)4-13-7/h3-4H,5H2,1-2H3,(H,10,12). The van der Waals surface area contributed by atoms with Crippen LogP contribution in [-0.4, -0.2) is 31.6 Å². The van der Waals surface area contributed by atoms with E-state index in [0.29, 0.717) is 6.67 Å². The lowest BCUT2D eigenvalue weighted by atomic mass is 10.4. The van der Waals surface area contributed by atoms with Crippen LogP contribution >= 0.6 is 27.3 Å². The van der Waals surface area contributed by atoms with Crippen LogP contribution < -0.4 is 5.32 Å². The van der Waals surface area contributed by atoms with Gasteiger partial charge >= 0.3 is 0 Å². The minimum Gasteiger partial charge on any atom is -0.339 e. The zero-order valence-corrected chi connectivity index (χ0v) is 9.91. The second-order valence-electron chi connectivity index (χ2n) is 2.87. The molecule has 0 spiro atoms. The molecule has 0 aliphatic heterocycles. The van der Waals surface area contributed by atoms with E-state index in [1.807, 2.05) is 30.4 Å². The smallest absolute Gasteiger partial charge is 0.262 e. The van der Waals surface area contributed by atoms with E-state index >= 15 is 0 Å². The average molecular weight is 263 g/mol. The highest BCUT2D eigenvalue weighted by molar-refractivity contribution is 9.10. The van der Waals surface area contributed by atoms with Gasteiger partial charge in [-0.3, -0.25) is 9.69 Å². The number of rotatable bonds is 3. The van der Waals surface area contributed by atoms with Crippen molar-refractivity contribution in [3.8, 4) is 0 Å². The van der Waals surface area contributed by atoms with Gasteiger partial charge in [-0.1, -0.05) is 0 Å². The molecule has 0 unspecified atom stereocenters. The number of halogens is 1. The van der Waals surface area contributed by atoms with E-state index < -0.39 is 0 Å². The molecular formula is C8H11BrN2OS. The Morgan fingerprint density at radius 3 is 2.85 bits per heavy atom. The van der Waals surface area contributed by atoms with Crippen molar-refractivity contribution in [2.24, 2.45) is 0 Å². The van der Waals surface area contributed by atoms with Crippen LogP contribution in [-0.2, 0) is 0 Å². The molecule has 1 aromatic heterocycles. The van der Waals surface area contributed by atoms with Gasteiger partial charge in [0.2, 0.25) is 0 Å². The van der Waals surface area contributed by atoms with E-state index in [1.54, 1.807) is 0 Å². The van der Waals surface area contributed by atoms with Crippen molar-refractivity contribution in [1.82, 2.24) is 10.2 Å². The molecule has 0 aliphatic carbocycles. The Hall–Kier alpha value is -0.390. The number of carbonyl (C=O) groups excluding carboxylic acids is 1. The van der Waals surface area contributed by atoms with Crippen LogP contribution in [0.4, 0.5) is 0 Å². The van der Waals surface area contributed by atoms with Gasteiger partial charge in [-0.2, -0.15) is 0 Å². The number of hydrogen-bond acceptors (Lipinski definition) is 3. The number of amides is 1. The summed E-state index contributed by atoms with van der Waals surface area (Å²) in [7, 11) is 3.81. The number of carbonyl (C=O) groups is 1. The van der Waals surface area contributed by atoms with Crippen LogP contribution in [0.25, 0.3) is 0 Å². The highest BCUT2D eigenvalue weighted by Crippen LogP contribution is 2.19. The molecule has 0 bridgehead atoms. The van der Waals surface area contributed by atoms with E-state index in [-0.39, 0.29) is 5.91 Å². The molecule has 0 saturated heterocycles. The third-order valence-electron chi connectivity index (χ3n) is 1.35. The first kappa shape index (κ1) is 10.7. The molecule has 0 atom stereocenters. The highest BCUT2D eigenvalue weighted by Gasteiger charge is 2.07. The molecule has 1 heterocycles. The zero-order chi connectivity index (χ0) is 9.84. The summed E-state index contributed by atoms with van der Waals surface area (Å²) in [6.07, 6.45) is 0. The van der Waals surface area contributed by atoms with Crippen LogP contribution in [0.15, 0.2) is 15.9 Å². The van der Waals surface area contributed by atoms with Gasteiger partial charge in [0.15, 0.2) is 0 Å². The minimum absolute atomic E-state index is 0.0237. The largest absolute Gasteiger partial charge is 0.339 e. The van der Waals surface area contributed by atoms with E-state index in [0.717, 1.165) is 9.35 Å². The Morgan fingerprint density at radius 1 is 1.69 bits per heavy atom. The molecule has 0 radical (unpaired) electrons. The first-order valence-electron chi connectivity index (χ1n) is 3.76. The molecule has 1 amide bonds. The van der Waals surface area contributed by atoms with E-state index in [4.69, 9.17) is 0 Å². The number of nitrogens with zero attached hydrogens (tertiary/aromatic N) is 1. The summed E-state index contributed by atoms with van der Waals surface area (Å²) in [5.74, 6) is -0.0237. The summed E-state index contributed by atoms with van der Waals surface area (Å²) in [5.41, 5.74) is 0. The Morgan fingerprint density at radius 2 is 2.38 bits per heavy atom. The number of thiophene rings is 1. The molecule has 0 fully saturated rings. The Bertz CT molecular complexity index is 298. The Kier molecular flexibility index (Phi) is 3.90. The van der Waals surface area contributed by atoms with Gasteiger partial charge < -0.3 is 5.32 Å². The molecule has 1 rings (SSSR count). The third-order valence-corrected chi connectivity index (χ3v) is 3.04. The number of nitrogens with one attached hydrogen (secondary N) is 1. The van der Waals surface area contributed by atoms with Crippen molar-refractivity contribution in [3.63, 3.8) is 0 Å². The fraction of sp³-hybridized carbons (Fsp3) is 0.375. The van der Waals surface area contributed by atoms with Crippen molar-refractivity contribution >= 4 is 33.2 Å². The maximum Gasteiger partial charge on any atom is 0.262 e. The van der Waals surface area contributed by atoms with Crippen LogP contribution in [0.2, 0.25) is 0 Å². The van der Waals surface area contributed by atoms with Gasteiger partial charge in [0, 0.05) is 9.85 Å². The quantitative estimate of drug-likeness (QED) is 0.843. The summed E-state index contributed by atoms with van der Waals surface area (Å²) in [5, 5.41) is 4.68. The summed E-state index contributed by atoms with van der Waals surface area (Å²) >= 11 is 4.73. The highest BCUT2D eigenvalue weighted by atomic mass is 79.9. The predicted molar refractivity (Wildman–Crippen MR) is 58.0 cm³/mol. The van der Waals surface area contributed by atoms with Crippen LogP contribution in [0.1, 0.15) is 9.67 Å². The van der Waals surface area contributed by atoms with Gasteiger partial charge in [-0.25, -0.2) is 0 Å². The molecule has 72 valence electrons. The second-order valence-corrected chi connectivity index (χ2v) is 4.70. The Balaban J connectivity index is 2.49. The summed E-state index contributed by atoms with van der Waals surface area (Å²) in [6, 6.07) is 1.82. The minimum atomic E-state index is -0.0237. The second kappa shape index (κ2) is 4.74. The first-order chi connectivity index (χ1) is 6.09. The van der Waals surface area contributed by atoms with Crippen molar-refractivity contribution in [3.05, 3.63) is 20.8 Å². The molecule has 1 N–H and O–H groups in total. The van der Waals surface area contributed by atoms with Crippen LogP contribution in [0, 0.1) is 0 Å². The molecule has 3 nitrogen and oxygen atoms in total. The van der Waals surface area contributed by atoms with Gasteiger partial charge in [-0.05, 0) is 36.1 Å². The molecule has 0 aromatic carbocycles. The van der Waals surface area contributed by atoms with Gasteiger partial charge in [0.1, 0.15) is 0 Å². The lowest BCUT2D eigenvalue weighted by Gasteiger charge is -2.09. The van der Waals surface area contributed by atoms with E-state index in [9.17, 15) is 4.79 Å². The maximum absolute atomic E-state index is 11.4. The molecule has 5 heteroatoms. The molecule has 1 aromatic rings. The summed E-state index contributed by atoms with van der Waals surface area (Å²) < 4.78 is 0.951. The topological polar surface area (TPSA) is 32.3 Å². The molecule has 13 heavy (non-hydrogen) atoms. The van der Waals surface area contributed by atoms with Gasteiger partial charge in [0.05, 0.1) is 11.5 Å². The SMILES string of the molecule is CN(C)CNC(=O)c1cc(Br)cs1. The molecular weight excluding hydrogens is 252 g/mol. The predicted octanol–water partition coefficient (Wildman–Crippen LogP) is 1.76. The van der Waals surface area contributed by atoms with E-state index in [2.05, 4.69) is 21.2 Å². The maximum atomic E-state index is 11.4. The summed E-state index contributed by atoms with van der Waals surface area (Å²) in [4.78, 5) is 14.0. The summed E-state index contributed by atoms with van der Waals surface area (Å²) in [6.45, 7) is 0.564. The van der Waals surface area contributed by atoms with Crippen molar-refractivity contribution < 1.29 is 4.79 Å². The molecule has 0 aliphatic rings. The van der Waals surface area contributed by atoms with Gasteiger partial charge in [-0.15, -0.1) is 11.3 Å². The lowest BCUT2D eigenvalue weighted by Crippen LogP contribution is -2.32. The fourth-order valence-corrected chi connectivity index (χ4v) is 2.09. The van der Waals surface area contributed by atoms with Crippen LogP contribution in [0.3, 0.4) is 0 Å². The third kappa shape index (κ3) is 3.46. The van der Waals surface area contributed by atoms with Crippen molar-refractivity contribution in [1.29, 1.82) is 0 Å². The van der Waals surface area contributed by atoms with Crippen molar-refractivity contribution in [2.45, 2.75) is 0 Å². The molecule has 0 saturated carbocycles. The first-order valence-corrected chi connectivity index (χ1v) is 5.44. The Labute approximate surface area is 89.9 Å². The fourth-order valence-electron chi connectivity index (χ4n) is 0.749. The van der Waals surface area contributed by atoms with Crippen LogP contribution in [0.5, 0.6) is 0 Å². The normalized spacial score (nSPS) is 10.5. The van der Waals surface area contributed by atoms with Crippen molar-refractivity contribution in [2.75, 3.05) is 20.8 Å². The monoisotopic (exact) mass is 262 g/mol.